The highest BCUT2D eigenvalue weighted by atomic mass is 16.5. The Morgan fingerprint density at radius 3 is 1.70 bits per heavy atom. The van der Waals surface area contributed by atoms with Crippen molar-refractivity contribution in [2.24, 2.45) is 5.92 Å². The van der Waals surface area contributed by atoms with E-state index in [1.807, 2.05) is 13.8 Å². The van der Waals surface area contributed by atoms with Gasteiger partial charge in [0.1, 0.15) is 0 Å². The zero-order valence-corrected chi connectivity index (χ0v) is 17.1. The Morgan fingerprint density at radius 2 is 1.41 bits per heavy atom. The standard InChI is InChI=1S/C16H22O4.C6H12O/c1-3-5-11-19-15(17)13-9-7-8-10-14(13)16(18)20-12-6-4-2;1-6(2)4-3-5-7/h7-10H,3-6,11-12H2,1-2H3;3,5-7H,4H2,1-2H3. The van der Waals surface area contributed by atoms with E-state index in [1.165, 1.54) is 0 Å². The predicted molar refractivity (Wildman–Crippen MR) is 108 cm³/mol. The van der Waals surface area contributed by atoms with Gasteiger partial charge in [0.05, 0.1) is 30.6 Å². The Morgan fingerprint density at radius 1 is 0.963 bits per heavy atom. The average Bonchev–Trinajstić information content (AvgIpc) is 2.67. The minimum absolute atomic E-state index is 0.269. The van der Waals surface area contributed by atoms with E-state index in [2.05, 4.69) is 13.8 Å². The lowest BCUT2D eigenvalue weighted by Crippen LogP contribution is -2.14. The van der Waals surface area contributed by atoms with Crippen molar-refractivity contribution in [3.05, 3.63) is 47.7 Å². The molecule has 0 aromatic heterocycles. The van der Waals surface area contributed by atoms with Gasteiger partial charge in [-0.15, -0.1) is 0 Å². The number of aliphatic hydroxyl groups is 1. The lowest BCUT2D eigenvalue weighted by atomic mass is 10.1. The summed E-state index contributed by atoms with van der Waals surface area (Å²) < 4.78 is 10.3. The van der Waals surface area contributed by atoms with Crippen LogP contribution in [-0.2, 0) is 9.47 Å². The van der Waals surface area contributed by atoms with Gasteiger partial charge in [-0.2, -0.15) is 0 Å². The Hall–Kier alpha value is -2.30. The predicted octanol–water partition coefficient (Wildman–Crippen LogP) is 5.70. The van der Waals surface area contributed by atoms with Crippen LogP contribution in [0.3, 0.4) is 0 Å². The van der Waals surface area contributed by atoms with Crippen LogP contribution in [0.5, 0.6) is 0 Å². The van der Waals surface area contributed by atoms with Crippen LogP contribution in [0.2, 0.25) is 0 Å². The molecule has 1 N–H and O–H groups in total. The molecular weight excluding hydrogens is 344 g/mol. The van der Waals surface area contributed by atoms with E-state index in [4.69, 9.17) is 14.6 Å². The van der Waals surface area contributed by atoms with Gasteiger partial charge in [0.2, 0.25) is 0 Å². The number of carbonyl (C=O) groups excluding carboxylic acids is 2. The summed E-state index contributed by atoms with van der Waals surface area (Å²) >= 11 is 0. The Bertz CT molecular complexity index is 523. The van der Waals surface area contributed by atoms with Gasteiger partial charge in [-0.1, -0.05) is 52.7 Å². The van der Waals surface area contributed by atoms with E-state index >= 15 is 0 Å². The summed E-state index contributed by atoms with van der Waals surface area (Å²) in [5.74, 6) is -0.286. The number of allylic oxidation sites excluding steroid dienone is 1. The van der Waals surface area contributed by atoms with Crippen LogP contribution in [0.1, 0.15) is 80.5 Å². The third kappa shape index (κ3) is 11.8. The molecular formula is C22H34O5. The quantitative estimate of drug-likeness (QED) is 0.321. The molecule has 0 unspecified atom stereocenters. The molecule has 1 aromatic carbocycles. The van der Waals surface area contributed by atoms with Crippen molar-refractivity contribution in [1.29, 1.82) is 0 Å². The molecule has 152 valence electrons. The summed E-state index contributed by atoms with van der Waals surface area (Å²) in [4.78, 5) is 23.9. The number of hydrogen-bond acceptors (Lipinski definition) is 5. The highest BCUT2D eigenvalue weighted by Crippen LogP contribution is 2.12. The van der Waals surface area contributed by atoms with E-state index in [9.17, 15) is 9.59 Å². The molecule has 0 saturated carbocycles. The third-order valence-corrected chi connectivity index (χ3v) is 3.54. The SMILES string of the molecule is CC(C)CC=CO.CCCCOC(=O)c1ccccc1C(=O)OCCCC. The molecule has 0 aliphatic rings. The maximum atomic E-state index is 11.9. The van der Waals surface area contributed by atoms with Crippen molar-refractivity contribution in [1.82, 2.24) is 0 Å². The lowest BCUT2D eigenvalue weighted by Gasteiger charge is -2.09. The number of aliphatic hydroxyl groups excluding tert-OH is 1. The molecule has 0 saturated heterocycles. The number of esters is 2. The van der Waals surface area contributed by atoms with Gasteiger partial charge < -0.3 is 14.6 Å². The number of carbonyl (C=O) groups is 2. The van der Waals surface area contributed by atoms with Crippen LogP contribution in [0.15, 0.2) is 36.6 Å². The lowest BCUT2D eigenvalue weighted by molar-refractivity contribution is 0.0452. The molecule has 0 amide bonds. The Balaban J connectivity index is 0.000000821. The molecule has 5 nitrogen and oxygen atoms in total. The summed E-state index contributed by atoms with van der Waals surface area (Å²) in [6.07, 6.45) is 7.35. The number of unbranched alkanes of at least 4 members (excludes halogenated alkanes) is 2. The number of rotatable bonds is 10. The molecule has 0 heterocycles. The zero-order chi connectivity index (χ0) is 20.5. The van der Waals surface area contributed by atoms with Crippen molar-refractivity contribution < 1.29 is 24.2 Å². The minimum Gasteiger partial charge on any atom is -0.516 e. The Kier molecular flexibility index (Phi) is 14.6. The second kappa shape index (κ2) is 15.9. The summed E-state index contributed by atoms with van der Waals surface area (Å²) in [6.45, 7) is 9.00. The summed E-state index contributed by atoms with van der Waals surface area (Å²) in [7, 11) is 0. The number of hydrogen-bond donors (Lipinski definition) is 1. The van der Waals surface area contributed by atoms with Crippen molar-refractivity contribution >= 4 is 11.9 Å². The number of ether oxygens (including phenoxy) is 2. The van der Waals surface area contributed by atoms with E-state index in [0.717, 1.165) is 38.4 Å². The molecule has 0 aliphatic heterocycles. The van der Waals surface area contributed by atoms with Gasteiger partial charge in [-0.25, -0.2) is 9.59 Å². The molecule has 27 heavy (non-hydrogen) atoms. The molecule has 0 atom stereocenters. The van der Waals surface area contributed by atoms with Gasteiger partial charge in [-0.3, -0.25) is 0 Å². The molecule has 0 aliphatic carbocycles. The highest BCUT2D eigenvalue weighted by Gasteiger charge is 2.18. The first-order chi connectivity index (χ1) is 13.0. The first-order valence-electron chi connectivity index (χ1n) is 9.70. The van der Waals surface area contributed by atoms with Crippen LogP contribution < -0.4 is 0 Å². The fraction of sp³-hybridized carbons (Fsp3) is 0.545. The maximum absolute atomic E-state index is 11.9. The van der Waals surface area contributed by atoms with E-state index < -0.39 is 11.9 Å². The second-order valence-corrected chi connectivity index (χ2v) is 6.54. The second-order valence-electron chi connectivity index (χ2n) is 6.54. The van der Waals surface area contributed by atoms with Crippen molar-refractivity contribution in [2.45, 2.75) is 59.8 Å². The van der Waals surface area contributed by atoms with Crippen molar-refractivity contribution in [2.75, 3.05) is 13.2 Å². The van der Waals surface area contributed by atoms with Gasteiger partial charge in [-0.05, 0) is 43.4 Å². The fourth-order valence-electron chi connectivity index (χ4n) is 1.95. The molecule has 1 aromatic rings. The molecule has 0 radical (unpaired) electrons. The largest absolute Gasteiger partial charge is 0.516 e. The van der Waals surface area contributed by atoms with E-state index in [1.54, 1.807) is 30.3 Å². The van der Waals surface area contributed by atoms with Crippen LogP contribution >= 0.6 is 0 Å². The van der Waals surface area contributed by atoms with Crippen LogP contribution in [-0.4, -0.2) is 30.3 Å². The topological polar surface area (TPSA) is 72.8 Å². The molecule has 0 spiro atoms. The summed E-state index contributed by atoms with van der Waals surface area (Å²) in [6, 6.07) is 6.59. The third-order valence-electron chi connectivity index (χ3n) is 3.54. The molecule has 1 rings (SSSR count). The highest BCUT2D eigenvalue weighted by molar-refractivity contribution is 6.03. The van der Waals surface area contributed by atoms with Gasteiger partial charge in [0, 0.05) is 0 Å². The summed E-state index contributed by atoms with van der Waals surface area (Å²) in [5, 5.41) is 8.13. The number of benzene rings is 1. The van der Waals surface area contributed by atoms with E-state index in [-0.39, 0.29) is 11.1 Å². The fourth-order valence-corrected chi connectivity index (χ4v) is 1.95. The zero-order valence-electron chi connectivity index (χ0n) is 17.1. The molecule has 0 bridgehead atoms. The van der Waals surface area contributed by atoms with Crippen LogP contribution in [0.4, 0.5) is 0 Å². The van der Waals surface area contributed by atoms with Crippen LogP contribution in [0, 0.1) is 5.92 Å². The smallest absolute Gasteiger partial charge is 0.339 e. The monoisotopic (exact) mass is 378 g/mol. The van der Waals surface area contributed by atoms with Gasteiger partial charge in [0.15, 0.2) is 0 Å². The maximum Gasteiger partial charge on any atom is 0.339 e. The average molecular weight is 379 g/mol. The van der Waals surface area contributed by atoms with Gasteiger partial charge in [0.25, 0.3) is 0 Å². The minimum atomic E-state index is -0.471. The van der Waals surface area contributed by atoms with Gasteiger partial charge >= 0.3 is 11.9 Å². The Labute approximate surface area is 163 Å². The summed E-state index contributed by atoms with van der Waals surface area (Å²) in [5.41, 5.74) is 0.537. The van der Waals surface area contributed by atoms with Crippen molar-refractivity contribution in [3.8, 4) is 0 Å². The van der Waals surface area contributed by atoms with Crippen molar-refractivity contribution in [3.63, 3.8) is 0 Å². The first-order valence-corrected chi connectivity index (χ1v) is 9.70. The molecule has 0 fully saturated rings. The first kappa shape index (κ1) is 24.7. The van der Waals surface area contributed by atoms with E-state index in [0.29, 0.717) is 19.1 Å². The van der Waals surface area contributed by atoms with Crippen LogP contribution in [0.25, 0.3) is 0 Å². The molecule has 5 heteroatoms. The normalized spacial score (nSPS) is 10.4.